The van der Waals surface area contributed by atoms with Gasteiger partial charge in [0.1, 0.15) is 11.8 Å². The topological polar surface area (TPSA) is 95.9 Å². The summed E-state index contributed by atoms with van der Waals surface area (Å²) in [6.45, 7) is 2.63. The number of hydrogen-bond donors (Lipinski definition) is 2. The second kappa shape index (κ2) is 9.05. The fraction of sp³-hybridized carbons (Fsp3) is 0.500. The first-order chi connectivity index (χ1) is 12.0. The lowest BCUT2D eigenvalue weighted by Crippen LogP contribution is -2.48. The Balaban J connectivity index is 1.75. The van der Waals surface area contributed by atoms with E-state index in [4.69, 9.17) is 9.84 Å². The highest BCUT2D eigenvalue weighted by Gasteiger charge is 2.29. The quantitative estimate of drug-likeness (QED) is 0.774. The first kappa shape index (κ1) is 18.8. The SMILES string of the molecule is CCC(NC(=O)C1CCN(C(=O)COc2ccccc2)CC1)C(=O)O. The molecule has 1 atom stereocenters. The third-order valence-electron chi connectivity index (χ3n) is 4.35. The minimum absolute atomic E-state index is 0.0300. The minimum Gasteiger partial charge on any atom is -0.484 e. The second-order valence-corrected chi connectivity index (χ2v) is 6.06. The maximum absolute atomic E-state index is 12.2. The van der Waals surface area contributed by atoms with Gasteiger partial charge in [0.05, 0.1) is 0 Å². The Hall–Kier alpha value is -2.57. The Bertz CT molecular complexity index is 597. The third kappa shape index (κ3) is 5.48. The lowest BCUT2D eigenvalue weighted by molar-refractivity contribution is -0.143. The summed E-state index contributed by atoms with van der Waals surface area (Å²) in [4.78, 5) is 37.0. The fourth-order valence-corrected chi connectivity index (χ4v) is 2.77. The van der Waals surface area contributed by atoms with Gasteiger partial charge in [-0.2, -0.15) is 0 Å². The molecule has 1 heterocycles. The van der Waals surface area contributed by atoms with Crippen molar-refractivity contribution in [3.05, 3.63) is 30.3 Å². The van der Waals surface area contributed by atoms with Crippen LogP contribution < -0.4 is 10.1 Å². The molecule has 0 aromatic heterocycles. The molecule has 1 unspecified atom stereocenters. The van der Waals surface area contributed by atoms with Crippen molar-refractivity contribution in [2.75, 3.05) is 19.7 Å². The number of hydrogen-bond acceptors (Lipinski definition) is 4. The number of carboxylic acid groups (broad SMARTS) is 1. The lowest BCUT2D eigenvalue weighted by Gasteiger charge is -2.31. The van der Waals surface area contributed by atoms with Crippen molar-refractivity contribution >= 4 is 17.8 Å². The lowest BCUT2D eigenvalue weighted by atomic mass is 9.95. The van der Waals surface area contributed by atoms with Crippen LogP contribution in [0.1, 0.15) is 26.2 Å². The van der Waals surface area contributed by atoms with Gasteiger partial charge in [0.25, 0.3) is 5.91 Å². The number of para-hydroxylation sites is 1. The van der Waals surface area contributed by atoms with E-state index in [1.807, 2.05) is 18.2 Å². The molecule has 2 N–H and O–H groups in total. The maximum atomic E-state index is 12.2. The van der Waals surface area contributed by atoms with Gasteiger partial charge in [-0.3, -0.25) is 9.59 Å². The van der Waals surface area contributed by atoms with Gasteiger partial charge >= 0.3 is 5.97 Å². The molecule has 0 bridgehead atoms. The summed E-state index contributed by atoms with van der Waals surface area (Å²) in [6, 6.07) is 8.27. The molecule has 1 saturated heterocycles. The van der Waals surface area contributed by atoms with Crippen molar-refractivity contribution in [2.45, 2.75) is 32.2 Å². The zero-order chi connectivity index (χ0) is 18.2. The monoisotopic (exact) mass is 348 g/mol. The molecular weight excluding hydrogens is 324 g/mol. The van der Waals surface area contributed by atoms with Crippen LogP contribution >= 0.6 is 0 Å². The number of benzene rings is 1. The van der Waals surface area contributed by atoms with E-state index in [1.165, 1.54) is 0 Å². The van der Waals surface area contributed by atoms with E-state index in [2.05, 4.69) is 5.32 Å². The normalized spacial score (nSPS) is 16.1. The van der Waals surface area contributed by atoms with Crippen molar-refractivity contribution in [1.29, 1.82) is 0 Å². The first-order valence-electron chi connectivity index (χ1n) is 8.50. The molecule has 1 aromatic carbocycles. The Labute approximate surface area is 147 Å². The number of ether oxygens (including phenoxy) is 1. The van der Waals surface area contributed by atoms with Gasteiger partial charge in [0, 0.05) is 19.0 Å². The van der Waals surface area contributed by atoms with E-state index >= 15 is 0 Å². The summed E-state index contributed by atoms with van der Waals surface area (Å²) < 4.78 is 5.45. The van der Waals surface area contributed by atoms with Crippen LogP contribution in [0.3, 0.4) is 0 Å². The van der Waals surface area contributed by atoms with Crippen LogP contribution in [0.15, 0.2) is 30.3 Å². The zero-order valence-electron chi connectivity index (χ0n) is 14.3. The fourth-order valence-electron chi connectivity index (χ4n) is 2.77. The summed E-state index contributed by atoms with van der Waals surface area (Å²) in [6.07, 6.45) is 1.40. The molecule has 1 aliphatic heterocycles. The molecule has 0 saturated carbocycles. The Morgan fingerprint density at radius 2 is 1.88 bits per heavy atom. The molecule has 7 nitrogen and oxygen atoms in total. The number of amides is 2. The molecule has 136 valence electrons. The Morgan fingerprint density at radius 3 is 2.44 bits per heavy atom. The zero-order valence-corrected chi connectivity index (χ0v) is 14.3. The van der Waals surface area contributed by atoms with Gasteiger partial charge < -0.3 is 20.1 Å². The van der Waals surface area contributed by atoms with Gasteiger partial charge in [-0.15, -0.1) is 0 Å². The number of likely N-dealkylation sites (tertiary alicyclic amines) is 1. The van der Waals surface area contributed by atoms with Crippen molar-refractivity contribution < 1.29 is 24.2 Å². The number of carboxylic acids is 1. The molecule has 1 fully saturated rings. The number of rotatable bonds is 7. The summed E-state index contributed by atoms with van der Waals surface area (Å²) in [5, 5.41) is 11.6. The van der Waals surface area contributed by atoms with Crippen LogP contribution in [0, 0.1) is 5.92 Å². The Kier molecular flexibility index (Phi) is 6.80. The van der Waals surface area contributed by atoms with E-state index in [-0.39, 0.29) is 24.3 Å². The van der Waals surface area contributed by atoms with Gasteiger partial charge in [0.15, 0.2) is 6.61 Å². The number of nitrogens with one attached hydrogen (secondary N) is 1. The van der Waals surface area contributed by atoms with E-state index in [0.717, 1.165) is 0 Å². The molecular formula is C18H24N2O5. The highest BCUT2D eigenvalue weighted by molar-refractivity contribution is 5.85. The van der Waals surface area contributed by atoms with Crippen molar-refractivity contribution in [1.82, 2.24) is 10.2 Å². The standard InChI is InChI=1S/C18H24N2O5/c1-2-15(18(23)24)19-17(22)13-8-10-20(11-9-13)16(21)12-25-14-6-4-3-5-7-14/h3-7,13,15H,2,8-12H2,1H3,(H,19,22)(H,23,24). The number of nitrogens with zero attached hydrogens (tertiary/aromatic N) is 1. The number of carbonyl (C=O) groups is 3. The van der Waals surface area contributed by atoms with Gasteiger partial charge in [-0.25, -0.2) is 4.79 Å². The summed E-state index contributed by atoms with van der Waals surface area (Å²) in [7, 11) is 0. The smallest absolute Gasteiger partial charge is 0.326 e. The number of piperidine rings is 1. The van der Waals surface area contributed by atoms with Gasteiger partial charge in [0.2, 0.25) is 5.91 Å². The molecule has 2 rings (SSSR count). The molecule has 0 spiro atoms. The van der Waals surface area contributed by atoms with Gasteiger partial charge in [-0.1, -0.05) is 25.1 Å². The van der Waals surface area contributed by atoms with Crippen molar-refractivity contribution in [3.8, 4) is 5.75 Å². The summed E-state index contributed by atoms with van der Waals surface area (Å²) >= 11 is 0. The number of aliphatic carboxylic acids is 1. The highest BCUT2D eigenvalue weighted by Crippen LogP contribution is 2.18. The molecule has 1 aromatic rings. The third-order valence-corrected chi connectivity index (χ3v) is 4.35. The average molecular weight is 348 g/mol. The maximum Gasteiger partial charge on any atom is 0.326 e. The van der Waals surface area contributed by atoms with Crippen LogP contribution in [0.25, 0.3) is 0 Å². The van der Waals surface area contributed by atoms with Crippen LogP contribution in [0.5, 0.6) is 5.75 Å². The summed E-state index contributed by atoms with van der Waals surface area (Å²) in [5.74, 6) is -1.00. The molecule has 7 heteroatoms. The molecule has 2 amide bonds. The predicted molar refractivity (Wildman–Crippen MR) is 91.1 cm³/mol. The van der Waals surface area contributed by atoms with Crippen LogP contribution in [-0.4, -0.2) is 53.5 Å². The Morgan fingerprint density at radius 1 is 1.24 bits per heavy atom. The second-order valence-electron chi connectivity index (χ2n) is 6.06. The van der Waals surface area contributed by atoms with Gasteiger partial charge in [-0.05, 0) is 31.4 Å². The largest absolute Gasteiger partial charge is 0.484 e. The molecule has 25 heavy (non-hydrogen) atoms. The van der Waals surface area contributed by atoms with E-state index in [1.54, 1.807) is 24.0 Å². The highest BCUT2D eigenvalue weighted by atomic mass is 16.5. The molecule has 1 aliphatic rings. The summed E-state index contributed by atoms with van der Waals surface area (Å²) in [5.41, 5.74) is 0. The molecule has 0 aliphatic carbocycles. The number of carbonyl (C=O) groups excluding carboxylic acids is 2. The van der Waals surface area contributed by atoms with E-state index in [9.17, 15) is 14.4 Å². The van der Waals surface area contributed by atoms with E-state index < -0.39 is 12.0 Å². The average Bonchev–Trinajstić information content (AvgIpc) is 2.64. The van der Waals surface area contributed by atoms with Crippen LogP contribution in [0.2, 0.25) is 0 Å². The first-order valence-corrected chi connectivity index (χ1v) is 8.50. The van der Waals surface area contributed by atoms with Crippen LogP contribution in [0.4, 0.5) is 0 Å². The van der Waals surface area contributed by atoms with Crippen molar-refractivity contribution in [3.63, 3.8) is 0 Å². The van der Waals surface area contributed by atoms with Crippen LogP contribution in [-0.2, 0) is 14.4 Å². The minimum atomic E-state index is -1.03. The molecule has 0 radical (unpaired) electrons. The van der Waals surface area contributed by atoms with Crippen molar-refractivity contribution in [2.24, 2.45) is 5.92 Å². The predicted octanol–water partition coefficient (Wildman–Crippen LogP) is 1.28. The van der Waals surface area contributed by atoms with E-state index in [0.29, 0.717) is 38.1 Å².